The predicted molar refractivity (Wildman–Crippen MR) is 76.7 cm³/mol. The van der Waals surface area contributed by atoms with Gasteiger partial charge in [-0.2, -0.15) is 11.8 Å². The molecule has 2 rings (SSSR count). The first-order chi connectivity index (χ1) is 9.20. The summed E-state index contributed by atoms with van der Waals surface area (Å²) < 4.78 is 0. The second-order valence-electron chi connectivity index (χ2n) is 4.50. The van der Waals surface area contributed by atoms with E-state index in [1.165, 1.54) is 12.2 Å². The molecule has 102 valence electrons. The standard InChI is InChI=1S/C13H17N3O2S/c14-12(16-18)10-1-3-11(4-2-10)13(17)15-7-9-5-6-19-8-9/h1-4,9,18H,5-8H2,(H2,14,16)(H,15,17). The highest BCUT2D eigenvalue weighted by atomic mass is 32.2. The first kappa shape index (κ1) is 13.7. The molecule has 1 aliphatic rings. The zero-order chi connectivity index (χ0) is 13.7. The zero-order valence-corrected chi connectivity index (χ0v) is 11.3. The van der Waals surface area contributed by atoms with Gasteiger partial charge < -0.3 is 16.3 Å². The molecule has 1 aromatic rings. The van der Waals surface area contributed by atoms with E-state index in [9.17, 15) is 4.79 Å². The third-order valence-electron chi connectivity index (χ3n) is 3.13. The third-order valence-corrected chi connectivity index (χ3v) is 4.36. The van der Waals surface area contributed by atoms with E-state index in [1.54, 1.807) is 24.3 Å². The van der Waals surface area contributed by atoms with Crippen molar-refractivity contribution >= 4 is 23.5 Å². The minimum absolute atomic E-state index is 0.0370. The Labute approximate surface area is 116 Å². The first-order valence-electron chi connectivity index (χ1n) is 6.14. The molecule has 1 saturated heterocycles. The van der Waals surface area contributed by atoms with Crippen molar-refractivity contribution < 1.29 is 10.0 Å². The van der Waals surface area contributed by atoms with E-state index in [0.717, 1.165) is 12.3 Å². The molecule has 1 heterocycles. The van der Waals surface area contributed by atoms with Gasteiger partial charge in [-0.25, -0.2) is 0 Å². The lowest BCUT2D eigenvalue weighted by molar-refractivity contribution is 0.0948. The Kier molecular flexibility index (Phi) is 4.68. The van der Waals surface area contributed by atoms with Gasteiger partial charge in [0.1, 0.15) is 0 Å². The SMILES string of the molecule is N/C(=N/O)c1ccc(C(=O)NCC2CCSC2)cc1. The number of oxime groups is 1. The highest BCUT2D eigenvalue weighted by Gasteiger charge is 2.16. The molecule has 1 atom stereocenters. The summed E-state index contributed by atoms with van der Waals surface area (Å²) in [7, 11) is 0. The Hall–Kier alpha value is -1.69. The minimum Gasteiger partial charge on any atom is -0.409 e. The van der Waals surface area contributed by atoms with Crippen molar-refractivity contribution in [1.82, 2.24) is 5.32 Å². The fraction of sp³-hybridized carbons (Fsp3) is 0.385. The lowest BCUT2D eigenvalue weighted by Gasteiger charge is -2.10. The molecule has 1 unspecified atom stereocenters. The van der Waals surface area contributed by atoms with Gasteiger partial charge in [0, 0.05) is 17.7 Å². The van der Waals surface area contributed by atoms with Gasteiger partial charge in [0.25, 0.3) is 5.91 Å². The number of carbonyl (C=O) groups is 1. The number of thioether (sulfide) groups is 1. The maximum atomic E-state index is 11.9. The van der Waals surface area contributed by atoms with Gasteiger partial charge in [0.15, 0.2) is 5.84 Å². The van der Waals surface area contributed by atoms with E-state index in [-0.39, 0.29) is 11.7 Å². The van der Waals surface area contributed by atoms with Crippen LogP contribution in [0.2, 0.25) is 0 Å². The number of hydrogen-bond acceptors (Lipinski definition) is 4. The normalized spacial score (nSPS) is 19.4. The summed E-state index contributed by atoms with van der Waals surface area (Å²) in [6, 6.07) is 6.67. The average Bonchev–Trinajstić information content (AvgIpc) is 2.97. The van der Waals surface area contributed by atoms with Crippen molar-refractivity contribution in [2.75, 3.05) is 18.1 Å². The number of nitrogens with zero attached hydrogens (tertiary/aromatic N) is 1. The van der Waals surface area contributed by atoms with Crippen LogP contribution in [0.15, 0.2) is 29.4 Å². The first-order valence-corrected chi connectivity index (χ1v) is 7.30. The molecular weight excluding hydrogens is 262 g/mol. The van der Waals surface area contributed by atoms with Crippen LogP contribution in [-0.4, -0.2) is 35.0 Å². The lowest BCUT2D eigenvalue weighted by Crippen LogP contribution is -2.29. The maximum absolute atomic E-state index is 11.9. The molecule has 1 aromatic carbocycles. The molecule has 0 radical (unpaired) electrons. The fourth-order valence-corrected chi connectivity index (χ4v) is 3.22. The molecule has 1 aliphatic heterocycles. The van der Waals surface area contributed by atoms with Crippen molar-refractivity contribution in [3.8, 4) is 0 Å². The number of nitrogens with one attached hydrogen (secondary N) is 1. The molecular formula is C13H17N3O2S. The predicted octanol–water partition coefficient (Wildman–Crippen LogP) is 1.26. The molecule has 0 saturated carbocycles. The van der Waals surface area contributed by atoms with Gasteiger partial charge >= 0.3 is 0 Å². The zero-order valence-electron chi connectivity index (χ0n) is 10.5. The van der Waals surface area contributed by atoms with Crippen LogP contribution in [0.25, 0.3) is 0 Å². The number of benzene rings is 1. The average molecular weight is 279 g/mol. The summed E-state index contributed by atoms with van der Waals surface area (Å²) in [5.41, 5.74) is 6.63. The van der Waals surface area contributed by atoms with E-state index in [1.807, 2.05) is 11.8 Å². The highest BCUT2D eigenvalue weighted by Crippen LogP contribution is 2.22. The summed E-state index contributed by atoms with van der Waals surface area (Å²) in [6.07, 6.45) is 1.17. The van der Waals surface area contributed by atoms with Gasteiger partial charge in [-0.3, -0.25) is 4.79 Å². The fourth-order valence-electron chi connectivity index (χ4n) is 1.93. The van der Waals surface area contributed by atoms with Crippen molar-refractivity contribution in [2.24, 2.45) is 16.8 Å². The number of carbonyl (C=O) groups excluding carboxylic acids is 1. The Balaban J connectivity index is 1.91. The summed E-state index contributed by atoms with van der Waals surface area (Å²) in [4.78, 5) is 11.9. The van der Waals surface area contributed by atoms with Gasteiger partial charge in [-0.05, 0) is 36.0 Å². The van der Waals surface area contributed by atoms with Gasteiger partial charge in [-0.1, -0.05) is 17.3 Å². The Morgan fingerprint density at radius 2 is 2.11 bits per heavy atom. The second kappa shape index (κ2) is 6.47. The second-order valence-corrected chi connectivity index (χ2v) is 5.65. The molecule has 0 aromatic heterocycles. The topological polar surface area (TPSA) is 87.7 Å². The monoisotopic (exact) mass is 279 g/mol. The van der Waals surface area contributed by atoms with Crippen LogP contribution >= 0.6 is 11.8 Å². The van der Waals surface area contributed by atoms with Crippen LogP contribution < -0.4 is 11.1 Å². The summed E-state index contributed by atoms with van der Waals surface area (Å²) >= 11 is 1.94. The molecule has 4 N–H and O–H groups in total. The maximum Gasteiger partial charge on any atom is 0.251 e. The van der Waals surface area contributed by atoms with Gasteiger partial charge in [-0.15, -0.1) is 0 Å². The largest absolute Gasteiger partial charge is 0.409 e. The highest BCUT2D eigenvalue weighted by molar-refractivity contribution is 7.99. The Morgan fingerprint density at radius 1 is 1.42 bits per heavy atom. The van der Waals surface area contributed by atoms with Crippen molar-refractivity contribution in [3.05, 3.63) is 35.4 Å². The van der Waals surface area contributed by atoms with Crippen LogP contribution in [-0.2, 0) is 0 Å². The number of nitrogens with two attached hydrogens (primary N) is 1. The van der Waals surface area contributed by atoms with Gasteiger partial charge in [0.05, 0.1) is 0 Å². The van der Waals surface area contributed by atoms with E-state index in [2.05, 4.69) is 10.5 Å². The summed E-state index contributed by atoms with van der Waals surface area (Å²) in [5.74, 6) is 2.86. The quantitative estimate of drug-likeness (QED) is 0.335. The lowest BCUT2D eigenvalue weighted by atomic mass is 10.1. The van der Waals surface area contributed by atoms with Crippen LogP contribution in [0, 0.1) is 5.92 Å². The molecule has 0 aliphatic carbocycles. The van der Waals surface area contributed by atoms with Crippen LogP contribution in [0.1, 0.15) is 22.3 Å². The van der Waals surface area contributed by atoms with Crippen LogP contribution in [0.4, 0.5) is 0 Å². The van der Waals surface area contributed by atoms with E-state index >= 15 is 0 Å². The molecule has 19 heavy (non-hydrogen) atoms. The molecule has 0 bridgehead atoms. The number of hydrogen-bond donors (Lipinski definition) is 3. The van der Waals surface area contributed by atoms with Crippen molar-refractivity contribution in [3.63, 3.8) is 0 Å². The van der Waals surface area contributed by atoms with Crippen molar-refractivity contribution in [1.29, 1.82) is 0 Å². The van der Waals surface area contributed by atoms with E-state index < -0.39 is 0 Å². The Bertz CT molecular complexity index is 467. The smallest absolute Gasteiger partial charge is 0.251 e. The molecule has 1 amide bonds. The Morgan fingerprint density at radius 3 is 2.68 bits per heavy atom. The molecule has 1 fully saturated rings. The third kappa shape index (κ3) is 3.64. The van der Waals surface area contributed by atoms with E-state index in [4.69, 9.17) is 10.9 Å². The van der Waals surface area contributed by atoms with Crippen molar-refractivity contribution in [2.45, 2.75) is 6.42 Å². The summed E-state index contributed by atoms with van der Waals surface area (Å²) in [6.45, 7) is 0.730. The molecule has 0 spiro atoms. The van der Waals surface area contributed by atoms with Crippen LogP contribution in [0.3, 0.4) is 0 Å². The number of rotatable bonds is 4. The minimum atomic E-state index is -0.0806. The number of amidine groups is 1. The molecule has 6 heteroatoms. The van der Waals surface area contributed by atoms with Gasteiger partial charge in [0.2, 0.25) is 0 Å². The molecule has 5 nitrogen and oxygen atoms in total. The van der Waals surface area contributed by atoms with Crippen LogP contribution in [0.5, 0.6) is 0 Å². The summed E-state index contributed by atoms with van der Waals surface area (Å²) in [5, 5.41) is 14.4. The number of amides is 1. The van der Waals surface area contributed by atoms with E-state index in [0.29, 0.717) is 17.0 Å².